The molecule has 1 aliphatic heterocycles. The maximum absolute atomic E-state index is 12.8. The van der Waals surface area contributed by atoms with E-state index in [2.05, 4.69) is 0 Å². The van der Waals surface area contributed by atoms with E-state index in [9.17, 15) is 9.90 Å². The molecule has 23 heavy (non-hydrogen) atoms. The number of aliphatic hydroxyl groups excluding tert-OH is 1. The third-order valence-corrected chi connectivity index (χ3v) is 4.73. The Kier molecular flexibility index (Phi) is 4.76. The third-order valence-electron chi connectivity index (χ3n) is 4.15. The van der Waals surface area contributed by atoms with Crippen LogP contribution in [0.15, 0.2) is 11.8 Å². The summed E-state index contributed by atoms with van der Waals surface area (Å²) in [4.78, 5) is 18.2. The lowest BCUT2D eigenvalue weighted by Crippen LogP contribution is -2.43. The largest absolute Gasteiger partial charge is 0.509 e. The van der Waals surface area contributed by atoms with Crippen LogP contribution in [0.5, 0.6) is 0 Å². The van der Waals surface area contributed by atoms with E-state index >= 15 is 0 Å². The van der Waals surface area contributed by atoms with Gasteiger partial charge in [0.1, 0.15) is 11.3 Å². The molecule has 0 unspecified atom stereocenters. The topological polar surface area (TPSA) is 59.0 Å². The quantitative estimate of drug-likeness (QED) is 0.850. The zero-order chi connectivity index (χ0) is 17.5. The lowest BCUT2D eigenvalue weighted by Gasteiger charge is -2.30. The minimum atomic E-state index is -0.985. The highest BCUT2D eigenvalue weighted by Crippen LogP contribution is 2.42. The summed E-state index contributed by atoms with van der Waals surface area (Å²) in [7, 11) is 1.47. The molecular weight excluding hydrogens is 318 g/mol. The molecule has 0 atom stereocenters. The fourth-order valence-electron chi connectivity index (χ4n) is 2.96. The van der Waals surface area contributed by atoms with Crippen LogP contribution in [0.25, 0.3) is 5.57 Å². The Morgan fingerprint density at radius 1 is 1.26 bits per heavy atom. The number of amides is 1. The molecule has 0 saturated carbocycles. The number of aliphatic hydroxyl groups is 1. The predicted octanol–water partition coefficient (Wildman–Crippen LogP) is 3.69. The van der Waals surface area contributed by atoms with Gasteiger partial charge in [0.25, 0.3) is 5.91 Å². The van der Waals surface area contributed by atoms with Crippen molar-refractivity contribution in [3.63, 3.8) is 0 Å². The van der Waals surface area contributed by atoms with Crippen LogP contribution in [0.4, 0.5) is 0 Å². The van der Waals surface area contributed by atoms with Gasteiger partial charge in [-0.1, -0.05) is 17.7 Å². The van der Waals surface area contributed by atoms with E-state index in [1.54, 1.807) is 13.8 Å². The summed E-state index contributed by atoms with van der Waals surface area (Å²) in [6.07, 6.45) is 0. The van der Waals surface area contributed by atoms with Crippen molar-refractivity contribution in [3.8, 4) is 0 Å². The van der Waals surface area contributed by atoms with E-state index in [4.69, 9.17) is 21.2 Å². The van der Waals surface area contributed by atoms with Gasteiger partial charge in [-0.15, -0.1) is 0 Å². The smallest absolute Gasteiger partial charge is 0.282 e. The molecule has 0 spiro atoms. The summed E-state index contributed by atoms with van der Waals surface area (Å²) < 4.78 is 4.87. The van der Waals surface area contributed by atoms with E-state index < -0.39 is 11.4 Å². The van der Waals surface area contributed by atoms with Crippen molar-refractivity contribution in [1.82, 2.24) is 5.06 Å². The normalized spacial score (nSPS) is 17.3. The highest BCUT2D eigenvalue weighted by molar-refractivity contribution is 6.33. The molecule has 0 aliphatic carbocycles. The monoisotopic (exact) mass is 339 g/mol. The second-order valence-corrected chi connectivity index (χ2v) is 6.62. The van der Waals surface area contributed by atoms with Crippen LogP contribution in [0.2, 0.25) is 5.02 Å². The van der Waals surface area contributed by atoms with Crippen molar-refractivity contribution < 1.29 is 19.5 Å². The van der Waals surface area contributed by atoms with E-state index in [1.165, 1.54) is 7.11 Å². The van der Waals surface area contributed by atoms with Crippen molar-refractivity contribution in [1.29, 1.82) is 0 Å². The first kappa shape index (κ1) is 17.8. The van der Waals surface area contributed by atoms with Gasteiger partial charge < -0.3 is 9.84 Å². The summed E-state index contributed by atoms with van der Waals surface area (Å²) in [5.74, 6) is -0.444. The molecular formula is C17H22ClNO4. The predicted molar refractivity (Wildman–Crippen MR) is 89.1 cm³/mol. The maximum Gasteiger partial charge on any atom is 0.282 e. The Morgan fingerprint density at radius 3 is 2.43 bits per heavy atom. The second-order valence-electron chi connectivity index (χ2n) is 6.24. The van der Waals surface area contributed by atoms with Gasteiger partial charge >= 0.3 is 0 Å². The van der Waals surface area contributed by atoms with Gasteiger partial charge in [0, 0.05) is 12.1 Å². The molecule has 0 saturated heterocycles. The van der Waals surface area contributed by atoms with Crippen molar-refractivity contribution in [2.45, 2.75) is 40.2 Å². The van der Waals surface area contributed by atoms with Crippen molar-refractivity contribution >= 4 is 23.1 Å². The highest BCUT2D eigenvalue weighted by Gasteiger charge is 2.48. The molecule has 5 nitrogen and oxygen atoms in total. The molecule has 1 amide bonds. The zero-order valence-corrected chi connectivity index (χ0v) is 15.0. The number of carbonyl (C=O) groups is 1. The number of nitrogens with zero attached hydrogens (tertiary/aromatic N) is 1. The number of methoxy groups -OCH3 is 1. The number of carbonyl (C=O) groups excluding carboxylic acids is 1. The summed E-state index contributed by atoms with van der Waals surface area (Å²) in [5.41, 5.74) is 2.47. The van der Waals surface area contributed by atoms with E-state index in [-0.39, 0.29) is 18.1 Å². The number of benzene rings is 1. The van der Waals surface area contributed by atoms with Crippen LogP contribution in [-0.2, 0) is 14.4 Å². The van der Waals surface area contributed by atoms with Gasteiger partial charge in [-0.25, -0.2) is 9.90 Å². The van der Waals surface area contributed by atoms with Crippen LogP contribution in [0.1, 0.15) is 36.1 Å². The number of hydrogen-bond acceptors (Lipinski definition) is 4. The molecule has 0 fully saturated rings. The molecule has 1 aromatic rings. The number of hydroxylamine groups is 2. The average Bonchev–Trinajstić information content (AvgIpc) is 2.63. The fraction of sp³-hybridized carbons (Fsp3) is 0.471. The van der Waals surface area contributed by atoms with E-state index in [0.717, 1.165) is 21.8 Å². The van der Waals surface area contributed by atoms with Crippen LogP contribution in [-0.4, -0.2) is 35.5 Å². The number of halogens is 1. The van der Waals surface area contributed by atoms with Crippen LogP contribution in [0.3, 0.4) is 0 Å². The van der Waals surface area contributed by atoms with Gasteiger partial charge in [-0.3, -0.25) is 4.79 Å². The molecule has 0 bridgehead atoms. The van der Waals surface area contributed by atoms with Crippen molar-refractivity contribution in [2.75, 3.05) is 13.9 Å². The lowest BCUT2D eigenvalue weighted by atomic mass is 9.91. The van der Waals surface area contributed by atoms with Crippen LogP contribution in [0, 0.1) is 20.8 Å². The Morgan fingerprint density at radius 2 is 1.87 bits per heavy atom. The highest BCUT2D eigenvalue weighted by atomic mass is 35.5. The summed E-state index contributed by atoms with van der Waals surface area (Å²) >= 11 is 6.34. The third kappa shape index (κ3) is 2.73. The minimum Gasteiger partial charge on any atom is -0.509 e. The standard InChI is InChI=1S/C17H22ClNO4/c1-9-7-10(2)14(18)11(3)12(9)13-15(20)17(4,5)19(16(13)21)23-8-22-6/h7,20H,8H2,1-6H3. The summed E-state index contributed by atoms with van der Waals surface area (Å²) in [6, 6.07) is 1.91. The van der Waals surface area contributed by atoms with Gasteiger partial charge in [0.15, 0.2) is 6.79 Å². The molecule has 1 aliphatic rings. The minimum absolute atomic E-state index is 0.0373. The van der Waals surface area contributed by atoms with Crippen molar-refractivity contribution in [3.05, 3.63) is 39.1 Å². The van der Waals surface area contributed by atoms with Crippen molar-refractivity contribution in [2.24, 2.45) is 0 Å². The average molecular weight is 340 g/mol. The first-order valence-electron chi connectivity index (χ1n) is 7.31. The second kappa shape index (κ2) is 6.15. The van der Waals surface area contributed by atoms with Gasteiger partial charge in [0.05, 0.1) is 5.57 Å². The zero-order valence-electron chi connectivity index (χ0n) is 14.3. The molecule has 1 N–H and O–H groups in total. The van der Waals surface area contributed by atoms with Gasteiger partial charge in [0.2, 0.25) is 0 Å². The summed E-state index contributed by atoms with van der Waals surface area (Å²) in [6.45, 7) is 8.99. The SMILES string of the molecule is COCON1C(=O)C(c2c(C)cc(C)c(Cl)c2C)=C(O)C1(C)C. The van der Waals surface area contributed by atoms with E-state index in [1.807, 2.05) is 26.8 Å². The first-order chi connectivity index (χ1) is 10.6. The number of hydrogen-bond donors (Lipinski definition) is 1. The lowest BCUT2D eigenvalue weighted by molar-refractivity contribution is -0.238. The first-order valence-corrected chi connectivity index (χ1v) is 7.69. The Hall–Kier alpha value is -1.56. The van der Waals surface area contributed by atoms with Gasteiger partial charge in [-0.2, -0.15) is 0 Å². The Bertz CT molecular complexity index is 694. The number of rotatable bonds is 4. The van der Waals surface area contributed by atoms with Crippen LogP contribution >= 0.6 is 11.6 Å². The molecule has 1 aromatic carbocycles. The maximum atomic E-state index is 12.8. The Labute approximate surface area is 141 Å². The summed E-state index contributed by atoms with van der Waals surface area (Å²) in [5, 5.41) is 12.4. The fourth-order valence-corrected chi connectivity index (χ4v) is 3.10. The molecule has 126 valence electrons. The van der Waals surface area contributed by atoms with Crippen LogP contribution < -0.4 is 0 Å². The molecule has 6 heteroatoms. The Balaban J connectivity index is 2.62. The number of aryl methyl sites for hydroxylation is 2. The number of ether oxygens (including phenoxy) is 1. The van der Waals surface area contributed by atoms with Gasteiger partial charge in [-0.05, 0) is 56.9 Å². The molecule has 2 rings (SSSR count). The van der Waals surface area contributed by atoms with E-state index in [0.29, 0.717) is 10.6 Å². The molecule has 0 radical (unpaired) electrons. The molecule has 1 heterocycles. The molecule has 0 aromatic heterocycles.